The van der Waals surface area contributed by atoms with Gasteiger partial charge in [0.1, 0.15) is 6.04 Å². The van der Waals surface area contributed by atoms with Crippen LogP contribution in [-0.2, 0) is 9.59 Å². The molecule has 2 amide bonds. The minimum absolute atomic E-state index is 0.0593. The SMILES string of the molecule is Cc1ccc(C(=O)N2CCCC(C(=O)N3CCCC[C@@H]3C(=O)O)C2)cc1. The Kier molecular flexibility index (Phi) is 5.59. The van der Waals surface area contributed by atoms with Crippen molar-refractivity contribution in [1.82, 2.24) is 9.80 Å². The number of likely N-dealkylation sites (tertiary alicyclic amines) is 2. The summed E-state index contributed by atoms with van der Waals surface area (Å²) in [6.07, 6.45) is 3.66. The van der Waals surface area contributed by atoms with Crippen LogP contribution in [0.1, 0.15) is 48.0 Å². The summed E-state index contributed by atoms with van der Waals surface area (Å²) in [6, 6.07) is 6.72. The molecule has 1 unspecified atom stereocenters. The first-order valence-corrected chi connectivity index (χ1v) is 9.36. The highest BCUT2D eigenvalue weighted by Crippen LogP contribution is 2.25. The van der Waals surface area contributed by atoms with E-state index >= 15 is 0 Å². The van der Waals surface area contributed by atoms with Crippen molar-refractivity contribution >= 4 is 17.8 Å². The van der Waals surface area contributed by atoms with Gasteiger partial charge in [-0.2, -0.15) is 0 Å². The average molecular weight is 358 g/mol. The molecule has 0 radical (unpaired) electrons. The van der Waals surface area contributed by atoms with E-state index < -0.39 is 12.0 Å². The maximum atomic E-state index is 12.9. The fourth-order valence-electron chi connectivity index (χ4n) is 3.93. The molecule has 1 N–H and O–H groups in total. The number of carbonyl (C=O) groups excluding carboxylic acids is 2. The van der Waals surface area contributed by atoms with Crippen LogP contribution < -0.4 is 0 Å². The summed E-state index contributed by atoms with van der Waals surface area (Å²) in [5.74, 6) is -1.41. The lowest BCUT2D eigenvalue weighted by molar-refractivity contribution is -0.154. The van der Waals surface area contributed by atoms with Crippen LogP contribution in [0.5, 0.6) is 0 Å². The third-order valence-corrected chi connectivity index (χ3v) is 5.43. The van der Waals surface area contributed by atoms with Crippen molar-refractivity contribution in [3.63, 3.8) is 0 Å². The molecule has 0 saturated carbocycles. The number of aliphatic carboxylic acids is 1. The van der Waals surface area contributed by atoms with Gasteiger partial charge in [-0.25, -0.2) is 4.79 Å². The zero-order chi connectivity index (χ0) is 18.7. The molecule has 26 heavy (non-hydrogen) atoms. The summed E-state index contributed by atoms with van der Waals surface area (Å²) >= 11 is 0. The van der Waals surface area contributed by atoms with Crippen molar-refractivity contribution in [2.45, 2.75) is 45.1 Å². The van der Waals surface area contributed by atoms with Gasteiger partial charge in [0, 0.05) is 25.2 Å². The van der Waals surface area contributed by atoms with Crippen molar-refractivity contribution in [1.29, 1.82) is 0 Å². The maximum absolute atomic E-state index is 12.9. The van der Waals surface area contributed by atoms with Crippen molar-refractivity contribution in [3.05, 3.63) is 35.4 Å². The Bertz CT molecular complexity index is 686. The number of nitrogens with zero attached hydrogens (tertiary/aromatic N) is 2. The van der Waals surface area contributed by atoms with Crippen LogP contribution in [0.2, 0.25) is 0 Å². The average Bonchev–Trinajstić information content (AvgIpc) is 2.67. The summed E-state index contributed by atoms with van der Waals surface area (Å²) in [6.45, 7) is 3.48. The van der Waals surface area contributed by atoms with E-state index in [-0.39, 0.29) is 17.7 Å². The monoisotopic (exact) mass is 358 g/mol. The second-order valence-corrected chi connectivity index (χ2v) is 7.34. The largest absolute Gasteiger partial charge is 0.480 e. The molecule has 0 aromatic heterocycles. The Morgan fingerprint density at radius 1 is 1.00 bits per heavy atom. The molecule has 140 valence electrons. The topological polar surface area (TPSA) is 77.9 Å². The van der Waals surface area contributed by atoms with Gasteiger partial charge in [0.15, 0.2) is 0 Å². The number of aryl methyl sites for hydroxylation is 1. The number of hydrogen-bond acceptors (Lipinski definition) is 3. The first kappa shape index (κ1) is 18.4. The number of amides is 2. The van der Waals surface area contributed by atoms with Gasteiger partial charge in [-0.05, 0) is 51.2 Å². The highest BCUT2D eigenvalue weighted by molar-refractivity contribution is 5.95. The van der Waals surface area contributed by atoms with E-state index in [9.17, 15) is 19.5 Å². The second kappa shape index (κ2) is 7.89. The molecule has 2 aliphatic rings. The van der Waals surface area contributed by atoms with E-state index in [4.69, 9.17) is 0 Å². The quantitative estimate of drug-likeness (QED) is 0.899. The Balaban J connectivity index is 1.69. The Morgan fingerprint density at radius 3 is 2.42 bits per heavy atom. The van der Waals surface area contributed by atoms with E-state index in [1.54, 1.807) is 4.90 Å². The summed E-state index contributed by atoms with van der Waals surface area (Å²) < 4.78 is 0. The van der Waals surface area contributed by atoms with Crippen LogP contribution in [0.3, 0.4) is 0 Å². The summed E-state index contributed by atoms with van der Waals surface area (Å²) in [5, 5.41) is 9.41. The van der Waals surface area contributed by atoms with Gasteiger partial charge in [0.25, 0.3) is 5.91 Å². The minimum Gasteiger partial charge on any atom is -0.480 e. The van der Waals surface area contributed by atoms with Gasteiger partial charge in [-0.3, -0.25) is 9.59 Å². The summed E-state index contributed by atoms with van der Waals surface area (Å²) in [7, 11) is 0. The molecule has 0 aliphatic carbocycles. The standard InChI is InChI=1S/C20H26N2O4/c1-14-7-9-15(10-8-14)18(23)21-11-4-5-16(13-21)19(24)22-12-3-2-6-17(22)20(25)26/h7-10,16-17H,2-6,11-13H2,1H3,(H,25,26)/t16?,17-/m1/s1. The van der Waals surface area contributed by atoms with E-state index in [0.717, 1.165) is 24.8 Å². The molecule has 2 atom stereocenters. The van der Waals surface area contributed by atoms with E-state index in [2.05, 4.69) is 0 Å². The first-order chi connectivity index (χ1) is 12.5. The molecule has 6 nitrogen and oxygen atoms in total. The van der Waals surface area contributed by atoms with Gasteiger partial charge in [0.2, 0.25) is 5.91 Å². The number of carbonyl (C=O) groups is 3. The van der Waals surface area contributed by atoms with Crippen LogP contribution >= 0.6 is 0 Å². The molecule has 3 rings (SSSR count). The third kappa shape index (κ3) is 3.89. The predicted octanol–water partition coefficient (Wildman–Crippen LogP) is 2.31. The van der Waals surface area contributed by atoms with E-state index in [0.29, 0.717) is 38.0 Å². The number of rotatable bonds is 3. The lowest BCUT2D eigenvalue weighted by Crippen LogP contribution is -2.53. The van der Waals surface area contributed by atoms with Crippen LogP contribution in [-0.4, -0.2) is 58.4 Å². The molecule has 2 fully saturated rings. The predicted molar refractivity (Wildman–Crippen MR) is 96.8 cm³/mol. The number of carboxylic acid groups (broad SMARTS) is 1. The van der Waals surface area contributed by atoms with Crippen LogP contribution in [0.4, 0.5) is 0 Å². The van der Waals surface area contributed by atoms with Crippen molar-refractivity contribution in [2.24, 2.45) is 5.92 Å². The fraction of sp³-hybridized carbons (Fsp3) is 0.550. The molecule has 2 aliphatic heterocycles. The number of benzene rings is 1. The lowest BCUT2D eigenvalue weighted by atomic mass is 9.93. The van der Waals surface area contributed by atoms with Crippen LogP contribution in [0.15, 0.2) is 24.3 Å². The van der Waals surface area contributed by atoms with Crippen molar-refractivity contribution in [3.8, 4) is 0 Å². The molecule has 6 heteroatoms. The molecule has 1 aromatic rings. The Hall–Kier alpha value is -2.37. The molecule has 2 heterocycles. The zero-order valence-corrected chi connectivity index (χ0v) is 15.2. The first-order valence-electron chi connectivity index (χ1n) is 9.36. The molecule has 0 spiro atoms. The highest BCUT2D eigenvalue weighted by atomic mass is 16.4. The van der Waals surface area contributed by atoms with Gasteiger partial charge in [-0.15, -0.1) is 0 Å². The van der Waals surface area contributed by atoms with Crippen molar-refractivity contribution < 1.29 is 19.5 Å². The number of piperidine rings is 2. The maximum Gasteiger partial charge on any atom is 0.326 e. The molecular weight excluding hydrogens is 332 g/mol. The molecule has 2 saturated heterocycles. The third-order valence-electron chi connectivity index (χ3n) is 5.43. The second-order valence-electron chi connectivity index (χ2n) is 7.34. The van der Waals surface area contributed by atoms with E-state index in [1.807, 2.05) is 31.2 Å². The van der Waals surface area contributed by atoms with Gasteiger partial charge in [0.05, 0.1) is 5.92 Å². The van der Waals surface area contributed by atoms with Gasteiger partial charge < -0.3 is 14.9 Å². The molecule has 0 bridgehead atoms. The normalized spacial score (nSPS) is 23.6. The smallest absolute Gasteiger partial charge is 0.326 e. The van der Waals surface area contributed by atoms with Crippen LogP contribution in [0, 0.1) is 12.8 Å². The van der Waals surface area contributed by atoms with Crippen molar-refractivity contribution in [2.75, 3.05) is 19.6 Å². The molecular formula is C20H26N2O4. The number of carboxylic acids is 1. The van der Waals surface area contributed by atoms with Gasteiger partial charge >= 0.3 is 5.97 Å². The summed E-state index contributed by atoms with van der Waals surface area (Å²) in [5.41, 5.74) is 1.73. The fourth-order valence-corrected chi connectivity index (χ4v) is 3.93. The molecule has 1 aromatic carbocycles. The van der Waals surface area contributed by atoms with Gasteiger partial charge in [-0.1, -0.05) is 17.7 Å². The Labute approximate surface area is 153 Å². The van der Waals surface area contributed by atoms with Crippen LogP contribution in [0.25, 0.3) is 0 Å². The summed E-state index contributed by atoms with van der Waals surface area (Å²) in [4.78, 5) is 40.4. The highest BCUT2D eigenvalue weighted by Gasteiger charge is 2.37. The minimum atomic E-state index is -0.929. The van der Waals surface area contributed by atoms with E-state index in [1.165, 1.54) is 4.90 Å². The lowest BCUT2D eigenvalue weighted by Gasteiger charge is -2.38. The Morgan fingerprint density at radius 2 is 1.73 bits per heavy atom. The zero-order valence-electron chi connectivity index (χ0n) is 15.2. The number of hydrogen-bond donors (Lipinski definition) is 1.